The molecule has 0 N–H and O–H groups in total. The van der Waals surface area contributed by atoms with Crippen molar-refractivity contribution >= 4 is 22.7 Å². The fraction of sp³-hybridized carbons (Fsp3) is 0.200. The van der Waals surface area contributed by atoms with Crippen molar-refractivity contribution in [1.82, 2.24) is 0 Å². The Balaban J connectivity index is 0.000000277. The van der Waals surface area contributed by atoms with Gasteiger partial charge in [-0.1, -0.05) is 100 Å². The van der Waals surface area contributed by atoms with Crippen LogP contribution in [0.4, 0.5) is 22.7 Å². The molecular weight excluding hydrogens is 388 g/mol. The van der Waals surface area contributed by atoms with Crippen LogP contribution < -0.4 is 9.80 Å². The van der Waals surface area contributed by atoms with Crippen LogP contribution in [0.15, 0.2) is 121 Å². The minimum atomic E-state index is 1.21. The maximum absolute atomic E-state index is 2.17. The molecule has 0 aliphatic rings. The predicted molar refractivity (Wildman–Crippen MR) is 145 cm³/mol. The number of hydrogen-bond acceptors (Lipinski definition) is 2. The normalized spacial score (nSPS) is 8.94. The molecule has 32 heavy (non-hydrogen) atoms. The Kier molecular flexibility index (Phi) is 13.4. The standard InChI is InChI=1S/2C13H13N.2C2H6/c2*1-14(12-8-4-2-5-9-12)13-10-6-3-7-11-13;2*1-2/h2*2-11H,1H3;2*1-2H3. The lowest BCUT2D eigenvalue weighted by Gasteiger charge is -2.18. The first-order valence-corrected chi connectivity index (χ1v) is 11.4. The lowest BCUT2D eigenvalue weighted by molar-refractivity contribution is 1.21. The van der Waals surface area contributed by atoms with Gasteiger partial charge in [-0.3, -0.25) is 0 Å². The smallest absolute Gasteiger partial charge is 0.0408 e. The summed E-state index contributed by atoms with van der Waals surface area (Å²) in [5.74, 6) is 0. The van der Waals surface area contributed by atoms with E-state index >= 15 is 0 Å². The summed E-state index contributed by atoms with van der Waals surface area (Å²) in [6, 6.07) is 41.4. The second-order valence-electron chi connectivity index (χ2n) is 6.46. The zero-order valence-electron chi connectivity index (χ0n) is 20.4. The lowest BCUT2D eigenvalue weighted by atomic mass is 10.2. The molecule has 0 spiro atoms. The molecule has 0 aliphatic heterocycles. The number of benzene rings is 4. The van der Waals surface area contributed by atoms with E-state index in [0.717, 1.165) is 0 Å². The zero-order chi connectivity index (χ0) is 23.6. The Labute approximate surface area is 195 Å². The average Bonchev–Trinajstić information content (AvgIpc) is 2.92. The molecule has 0 amide bonds. The molecule has 4 aromatic rings. The first-order valence-electron chi connectivity index (χ1n) is 11.4. The molecule has 0 fully saturated rings. The van der Waals surface area contributed by atoms with Gasteiger partial charge in [0.1, 0.15) is 0 Å². The van der Waals surface area contributed by atoms with Crippen LogP contribution in [-0.4, -0.2) is 14.1 Å². The average molecular weight is 427 g/mol. The third-order valence-electron chi connectivity index (χ3n) is 4.57. The summed E-state index contributed by atoms with van der Waals surface area (Å²) in [7, 11) is 4.15. The summed E-state index contributed by atoms with van der Waals surface area (Å²) in [4.78, 5) is 4.33. The van der Waals surface area contributed by atoms with Crippen molar-refractivity contribution in [3.05, 3.63) is 121 Å². The Morgan fingerprint density at radius 3 is 0.625 bits per heavy atom. The van der Waals surface area contributed by atoms with Crippen molar-refractivity contribution in [2.24, 2.45) is 0 Å². The summed E-state index contributed by atoms with van der Waals surface area (Å²) >= 11 is 0. The number of anilines is 4. The van der Waals surface area contributed by atoms with E-state index in [4.69, 9.17) is 0 Å². The first kappa shape index (κ1) is 26.5. The molecule has 0 atom stereocenters. The third kappa shape index (κ3) is 8.69. The van der Waals surface area contributed by atoms with Crippen molar-refractivity contribution in [2.45, 2.75) is 27.7 Å². The van der Waals surface area contributed by atoms with E-state index < -0.39 is 0 Å². The van der Waals surface area contributed by atoms with Crippen LogP contribution in [0.3, 0.4) is 0 Å². The lowest BCUT2D eigenvalue weighted by Crippen LogP contribution is -2.08. The predicted octanol–water partition coefficient (Wildman–Crippen LogP) is 8.96. The van der Waals surface area contributed by atoms with E-state index in [2.05, 4.69) is 121 Å². The molecule has 0 aliphatic carbocycles. The Morgan fingerprint density at radius 1 is 0.312 bits per heavy atom. The molecule has 2 nitrogen and oxygen atoms in total. The maximum atomic E-state index is 2.17. The monoisotopic (exact) mass is 426 g/mol. The third-order valence-corrected chi connectivity index (χ3v) is 4.57. The fourth-order valence-corrected chi connectivity index (χ4v) is 2.90. The van der Waals surface area contributed by atoms with Crippen molar-refractivity contribution in [3.8, 4) is 0 Å². The number of para-hydroxylation sites is 4. The van der Waals surface area contributed by atoms with Gasteiger partial charge < -0.3 is 9.80 Å². The van der Waals surface area contributed by atoms with Gasteiger partial charge in [-0.15, -0.1) is 0 Å². The summed E-state index contributed by atoms with van der Waals surface area (Å²) < 4.78 is 0. The minimum Gasteiger partial charge on any atom is -0.345 e. The highest BCUT2D eigenvalue weighted by molar-refractivity contribution is 5.62. The number of nitrogens with zero attached hydrogens (tertiary/aromatic N) is 2. The zero-order valence-corrected chi connectivity index (χ0v) is 20.4. The Bertz CT molecular complexity index is 763. The molecule has 0 bridgehead atoms. The van der Waals surface area contributed by atoms with Gasteiger partial charge in [-0.05, 0) is 48.5 Å². The van der Waals surface area contributed by atoms with E-state index in [9.17, 15) is 0 Å². The number of hydrogen-bond donors (Lipinski definition) is 0. The molecular formula is C30H38N2. The van der Waals surface area contributed by atoms with Gasteiger partial charge >= 0.3 is 0 Å². The maximum Gasteiger partial charge on any atom is 0.0408 e. The van der Waals surface area contributed by atoms with Crippen LogP contribution in [0.2, 0.25) is 0 Å². The van der Waals surface area contributed by atoms with E-state index in [1.807, 2.05) is 52.0 Å². The largest absolute Gasteiger partial charge is 0.345 e. The molecule has 0 aromatic heterocycles. The molecule has 0 saturated carbocycles. The molecule has 4 rings (SSSR count). The molecule has 168 valence electrons. The van der Waals surface area contributed by atoms with Crippen molar-refractivity contribution in [3.63, 3.8) is 0 Å². The minimum absolute atomic E-state index is 1.21. The van der Waals surface area contributed by atoms with Gasteiger partial charge in [0.15, 0.2) is 0 Å². The van der Waals surface area contributed by atoms with Gasteiger partial charge in [0, 0.05) is 36.8 Å². The quantitative estimate of drug-likeness (QED) is 0.321. The topological polar surface area (TPSA) is 6.48 Å². The molecule has 2 heteroatoms. The molecule has 0 saturated heterocycles. The van der Waals surface area contributed by atoms with Crippen LogP contribution in [-0.2, 0) is 0 Å². The Morgan fingerprint density at radius 2 is 0.469 bits per heavy atom. The van der Waals surface area contributed by atoms with Crippen LogP contribution in [0.5, 0.6) is 0 Å². The fourth-order valence-electron chi connectivity index (χ4n) is 2.90. The summed E-state index contributed by atoms with van der Waals surface area (Å²) in [6.07, 6.45) is 0. The van der Waals surface area contributed by atoms with Gasteiger partial charge in [-0.25, -0.2) is 0 Å². The van der Waals surface area contributed by atoms with Crippen LogP contribution in [0, 0.1) is 0 Å². The summed E-state index contributed by atoms with van der Waals surface area (Å²) in [6.45, 7) is 8.00. The van der Waals surface area contributed by atoms with Crippen molar-refractivity contribution in [2.75, 3.05) is 23.9 Å². The van der Waals surface area contributed by atoms with Gasteiger partial charge in [0.25, 0.3) is 0 Å². The van der Waals surface area contributed by atoms with E-state index in [1.165, 1.54) is 22.7 Å². The summed E-state index contributed by atoms with van der Waals surface area (Å²) in [5, 5.41) is 0. The van der Waals surface area contributed by atoms with Crippen LogP contribution in [0.1, 0.15) is 27.7 Å². The van der Waals surface area contributed by atoms with Crippen molar-refractivity contribution < 1.29 is 0 Å². The van der Waals surface area contributed by atoms with Gasteiger partial charge in [-0.2, -0.15) is 0 Å². The second kappa shape index (κ2) is 16.2. The highest BCUT2D eigenvalue weighted by Crippen LogP contribution is 2.22. The molecule has 4 aromatic carbocycles. The highest BCUT2D eigenvalue weighted by atomic mass is 15.1. The number of rotatable bonds is 4. The molecule has 0 unspecified atom stereocenters. The molecule has 0 heterocycles. The first-order chi connectivity index (χ1) is 15.8. The van der Waals surface area contributed by atoms with Crippen LogP contribution in [0.25, 0.3) is 0 Å². The highest BCUT2D eigenvalue weighted by Gasteiger charge is 2.01. The Hall–Kier alpha value is -3.52. The van der Waals surface area contributed by atoms with Gasteiger partial charge in [0.2, 0.25) is 0 Å². The van der Waals surface area contributed by atoms with Crippen LogP contribution >= 0.6 is 0 Å². The summed E-state index contributed by atoms with van der Waals surface area (Å²) in [5.41, 5.74) is 4.83. The van der Waals surface area contributed by atoms with E-state index in [0.29, 0.717) is 0 Å². The second-order valence-corrected chi connectivity index (χ2v) is 6.46. The van der Waals surface area contributed by atoms with Gasteiger partial charge in [0.05, 0.1) is 0 Å². The van der Waals surface area contributed by atoms with Crippen molar-refractivity contribution in [1.29, 1.82) is 0 Å². The van der Waals surface area contributed by atoms with E-state index in [1.54, 1.807) is 0 Å². The van der Waals surface area contributed by atoms with E-state index in [-0.39, 0.29) is 0 Å². The molecule has 0 radical (unpaired) electrons. The SMILES string of the molecule is CC.CC.CN(c1ccccc1)c1ccccc1.CN(c1ccccc1)c1ccccc1.